The summed E-state index contributed by atoms with van der Waals surface area (Å²) in [4.78, 5) is 0. The van der Waals surface area contributed by atoms with Crippen molar-refractivity contribution in [1.29, 1.82) is 0 Å². The molecular weight excluding hydrogens is 965 g/mol. The van der Waals surface area contributed by atoms with Crippen LogP contribution in [0.4, 0.5) is 0 Å². The van der Waals surface area contributed by atoms with Gasteiger partial charge in [-0.15, -0.1) is 0 Å². The zero-order chi connectivity index (χ0) is 52.7. The third-order valence-electron chi connectivity index (χ3n) is 19.4. The lowest BCUT2D eigenvalue weighted by atomic mass is 9.44. The lowest BCUT2D eigenvalue weighted by molar-refractivity contribution is -0.391. The summed E-state index contributed by atoms with van der Waals surface area (Å²) < 4.78 is 54.6. The van der Waals surface area contributed by atoms with Gasteiger partial charge in [0.1, 0.15) is 91.6 Å². The van der Waals surface area contributed by atoms with Crippen LogP contribution in [-0.2, 0) is 42.6 Å². The fraction of sp³-hybridized carbons (Fsp3) is 0.961. The Bertz CT molecular complexity index is 1900. The Morgan fingerprint density at radius 2 is 1.19 bits per heavy atom. The number of rotatable bonds is 14. The Morgan fingerprint density at radius 1 is 0.603 bits per heavy atom. The number of hydrogen-bond acceptors (Lipinski definition) is 22. The molecule has 8 fully saturated rings. The molecular formula is C51H84O22. The lowest BCUT2D eigenvalue weighted by Gasteiger charge is -2.61. The first-order valence-corrected chi connectivity index (χ1v) is 26.8. The number of ether oxygens (including phenoxy) is 9. The Labute approximate surface area is 426 Å². The molecule has 0 spiro atoms. The van der Waals surface area contributed by atoms with Crippen LogP contribution in [-0.4, -0.2) is 227 Å². The van der Waals surface area contributed by atoms with Gasteiger partial charge in [0.25, 0.3) is 0 Å². The smallest absolute Gasteiger partial charge is 0.187 e. The SMILES string of the molecule is CC1=C(CCC(C)COC2OC(CO)C(O)C(O)C2O)OC2CC3C4CCC5CC(OC6OC(CO)C(OC7OC(C)C(O)C(O)C7O)C(O)C6OC6OC(C)C(O)C(O)C6O)C(O)CC5(C)C4CCC3(C)C12. The van der Waals surface area contributed by atoms with Gasteiger partial charge in [-0.1, -0.05) is 20.8 Å². The van der Waals surface area contributed by atoms with E-state index in [2.05, 4.69) is 20.8 Å². The summed E-state index contributed by atoms with van der Waals surface area (Å²) in [5, 5.41) is 139. The van der Waals surface area contributed by atoms with Crippen LogP contribution in [0.1, 0.15) is 99.3 Å². The van der Waals surface area contributed by atoms with Crippen LogP contribution in [0, 0.1) is 46.3 Å². The minimum atomic E-state index is -1.78. The molecule has 22 heteroatoms. The molecule has 9 rings (SSSR count). The average molecular weight is 1050 g/mol. The van der Waals surface area contributed by atoms with Gasteiger partial charge in [-0.05, 0) is 118 Å². The zero-order valence-corrected chi connectivity index (χ0v) is 42.7. The van der Waals surface area contributed by atoms with E-state index in [0.717, 1.165) is 50.7 Å². The molecule has 4 saturated heterocycles. The van der Waals surface area contributed by atoms with E-state index in [1.165, 1.54) is 19.4 Å². The standard InChI is InChI=1S/C51H84O22/c1-19(18-65-46-40(61)39(60)36(57)31(16-52)70-46)7-10-28-20(2)33-30(68-28)14-26-24-9-8-23-13-29(27(54)15-51(23,6)25(24)11-12-50(26,33)5)69-49-45(73-48-42(63)38(59)35(56)22(4)67-48)43(64)44(32(17-53)71-49)72-47-41(62)37(58)34(55)21(3)66-47/h19,21-27,29-49,52-64H,7-18H2,1-6H3. The third-order valence-corrected chi connectivity index (χ3v) is 19.4. The quantitative estimate of drug-likeness (QED) is 0.0839. The topological polar surface area (TPSA) is 346 Å². The van der Waals surface area contributed by atoms with Gasteiger partial charge in [0.15, 0.2) is 25.2 Å². The van der Waals surface area contributed by atoms with Gasteiger partial charge < -0.3 is 109 Å². The molecule has 0 amide bonds. The largest absolute Gasteiger partial charge is 0.494 e. The molecule has 73 heavy (non-hydrogen) atoms. The Hall–Kier alpha value is -1.30. The molecule has 4 aliphatic carbocycles. The molecule has 31 atom stereocenters. The van der Waals surface area contributed by atoms with Crippen molar-refractivity contribution in [2.24, 2.45) is 46.3 Å². The first kappa shape index (κ1) is 56.4. The summed E-state index contributed by atoms with van der Waals surface area (Å²) in [6.07, 6.45) is -23.9. The van der Waals surface area contributed by atoms with Gasteiger partial charge in [-0.3, -0.25) is 0 Å². The summed E-state index contributed by atoms with van der Waals surface area (Å²) in [7, 11) is 0. The first-order chi connectivity index (χ1) is 34.5. The molecule has 0 bridgehead atoms. The number of hydrogen-bond donors (Lipinski definition) is 13. The molecule has 31 unspecified atom stereocenters. The van der Waals surface area contributed by atoms with E-state index in [4.69, 9.17) is 42.6 Å². The lowest BCUT2D eigenvalue weighted by Crippen LogP contribution is -2.67. The van der Waals surface area contributed by atoms with E-state index in [-0.39, 0.29) is 41.3 Å². The molecule has 5 heterocycles. The minimum Gasteiger partial charge on any atom is -0.494 e. The molecule has 0 radical (unpaired) electrons. The predicted molar refractivity (Wildman–Crippen MR) is 249 cm³/mol. The Morgan fingerprint density at radius 3 is 1.82 bits per heavy atom. The van der Waals surface area contributed by atoms with Crippen molar-refractivity contribution >= 4 is 0 Å². The van der Waals surface area contributed by atoms with Crippen LogP contribution in [0.5, 0.6) is 0 Å². The van der Waals surface area contributed by atoms with Crippen LogP contribution >= 0.6 is 0 Å². The highest BCUT2D eigenvalue weighted by molar-refractivity contribution is 5.27. The highest BCUT2D eigenvalue weighted by atomic mass is 16.8. The van der Waals surface area contributed by atoms with Crippen molar-refractivity contribution in [1.82, 2.24) is 0 Å². The minimum absolute atomic E-state index is 0.0265. The van der Waals surface area contributed by atoms with E-state index in [1.807, 2.05) is 6.92 Å². The van der Waals surface area contributed by atoms with Crippen LogP contribution in [0.25, 0.3) is 0 Å². The van der Waals surface area contributed by atoms with E-state index in [0.29, 0.717) is 30.6 Å². The van der Waals surface area contributed by atoms with Crippen LogP contribution in [0.2, 0.25) is 0 Å². The van der Waals surface area contributed by atoms with Crippen molar-refractivity contribution in [2.75, 3.05) is 19.8 Å². The number of fused-ring (bicyclic) bond motifs is 7. The molecule has 0 aromatic heterocycles. The fourth-order valence-electron chi connectivity index (χ4n) is 15.1. The maximum atomic E-state index is 12.1. The fourth-order valence-corrected chi connectivity index (χ4v) is 15.1. The molecule has 13 N–H and O–H groups in total. The van der Waals surface area contributed by atoms with Crippen molar-refractivity contribution < 1.29 is 109 Å². The highest BCUT2D eigenvalue weighted by Crippen LogP contribution is 2.70. The Kier molecular flexibility index (Phi) is 17.1. The Balaban J connectivity index is 0.848. The number of aliphatic hydroxyl groups is 13. The second-order valence-electron chi connectivity index (χ2n) is 23.8. The van der Waals surface area contributed by atoms with Crippen molar-refractivity contribution in [3.63, 3.8) is 0 Å². The monoisotopic (exact) mass is 1050 g/mol. The van der Waals surface area contributed by atoms with Gasteiger partial charge in [-0.25, -0.2) is 0 Å². The maximum absolute atomic E-state index is 12.1. The van der Waals surface area contributed by atoms with E-state index in [1.54, 1.807) is 0 Å². The van der Waals surface area contributed by atoms with E-state index >= 15 is 0 Å². The van der Waals surface area contributed by atoms with Gasteiger partial charge >= 0.3 is 0 Å². The maximum Gasteiger partial charge on any atom is 0.187 e. The predicted octanol–water partition coefficient (Wildman–Crippen LogP) is -1.98. The second kappa shape index (κ2) is 22.1. The van der Waals surface area contributed by atoms with Crippen molar-refractivity contribution in [2.45, 2.75) is 240 Å². The second-order valence-corrected chi connectivity index (χ2v) is 23.8. The van der Waals surface area contributed by atoms with Crippen LogP contribution < -0.4 is 0 Å². The molecule has 9 aliphatic rings. The highest BCUT2D eigenvalue weighted by Gasteiger charge is 2.66. The van der Waals surface area contributed by atoms with Gasteiger partial charge in [-0.2, -0.15) is 0 Å². The zero-order valence-electron chi connectivity index (χ0n) is 42.7. The third kappa shape index (κ3) is 10.2. The normalized spacial score (nSPS) is 54.5. The average Bonchev–Trinajstić information content (AvgIpc) is 3.85. The number of allylic oxidation sites excluding steroid dienone is 1. The van der Waals surface area contributed by atoms with Crippen molar-refractivity contribution in [3.8, 4) is 0 Å². The molecule has 5 aliphatic heterocycles. The summed E-state index contributed by atoms with van der Waals surface area (Å²) in [6, 6.07) is 0. The summed E-state index contributed by atoms with van der Waals surface area (Å²) in [5.74, 6) is 2.68. The van der Waals surface area contributed by atoms with Gasteiger partial charge in [0.2, 0.25) is 0 Å². The van der Waals surface area contributed by atoms with Gasteiger partial charge in [0, 0.05) is 12.3 Å². The molecule has 22 nitrogen and oxygen atoms in total. The van der Waals surface area contributed by atoms with Crippen molar-refractivity contribution in [3.05, 3.63) is 11.3 Å². The molecule has 0 aromatic rings. The first-order valence-electron chi connectivity index (χ1n) is 26.8. The van der Waals surface area contributed by atoms with Gasteiger partial charge in [0.05, 0.1) is 50.0 Å². The van der Waals surface area contributed by atoms with E-state index < -0.39 is 148 Å². The molecule has 0 aromatic carbocycles. The number of aliphatic hydroxyl groups excluding tert-OH is 13. The molecule has 420 valence electrons. The summed E-state index contributed by atoms with van der Waals surface area (Å²) in [5.41, 5.74) is 1.09. The van der Waals surface area contributed by atoms with Crippen LogP contribution in [0.15, 0.2) is 11.3 Å². The summed E-state index contributed by atoms with van der Waals surface area (Å²) in [6.45, 7) is 10.9. The van der Waals surface area contributed by atoms with E-state index in [9.17, 15) is 66.4 Å². The summed E-state index contributed by atoms with van der Waals surface area (Å²) >= 11 is 0. The molecule has 4 saturated carbocycles. The van der Waals surface area contributed by atoms with Crippen LogP contribution in [0.3, 0.4) is 0 Å².